The number of carbonyl (C=O) groups is 1. The van der Waals surface area contributed by atoms with Gasteiger partial charge in [-0.2, -0.15) is 0 Å². The predicted molar refractivity (Wildman–Crippen MR) is 70.7 cm³/mol. The lowest BCUT2D eigenvalue weighted by atomic mass is 10.2. The van der Waals surface area contributed by atoms with Crippen LogP contribution in [0.3, 0.4) is 0 Å². The average molecular weight is 309 g/mol. The summed E-state index contributed by atoms with van der Waals surface area (Å²) in [4.78, 5) is 10.9. The summed E-state index contributed by atoms with van der Waals surface area (Å²) in [5.74, 6) is 0.428. The van der Waals surface area contributed by atoms with Crippen LogP contribution in [0.4, 0.5) is 4.39 Å². The molecule has 0 bridgehead atoms. The molecular formula is C14H10BrFO2. The molecule has 0 fully saturated rings. The van der Waals surface area contributed by atoms with Crippen LogP contribution in [-0.4, -0.2) is 6.29 Å². The first-order valence-electron chi connectivity index (χ1n) is 5.29. The number of hydrogen-bond donors (Lipinski definition) is 0. The zero-order valence-corrected chi connectivity index (χ0v) is 11.2. The molecule has 2 aromatic carbocycles. The molecule has 2 nitrogen and oxygen atoms in total. The number of hydrogen-bond acceptors (Lipinski definition) is 2. The molecule has 0 aromatic heterocycles. The molecule has 0 spiro atoms. The van der Waals surface area contributed by atoms with Gasteiger partial charge in [0.25, 0.3) is 0 Å². The molecule has 0 saturated carbocycles. The largest absolute Gasteiger partial charge is 0.457 e. The highest BCUT2D eigenvalue weighted by atomic mass is 79.9. The summed E-state index contributed by atoms with van der Waals surface area (Å²) in [6.45, 7) is 1.68. The van der Waals surface area contributed by atoms with E-state index in [1.165, 1.54) is 6.07 Å². The Balaban J connectivity index is 2.33. The highest BCUT2D eigenvalue weighted by Gasteiger charge is 2.06. The summed E-state index contributed by atoms with van der Waals surface area (Å²) < 4.78 is 19.7. The van der Waals surface area contributed by atoms with Gasteiger partial charge in [0.1, 0.15) is 17.3 Å². The van der Waals surface area contributed by atoms with Crippen LogP contribution < -0.4 is 4.74 Å². The van der Waals surface area contributed by atoms with Crippen molar-refractivity contribution in [2.24, 2.45) is 0 Å². The summed E-state index contributed by atoms with van der Waals surface area (Å²) in [6.07, 6.45) is 0.699. The number of aryl methyl sites for hydroxylation is 1. The molecule has 0 heterocycles. The van der Waals surface area contributed by atoms with Gasteiger partial charge in [0.05, 0.1) is 5.56 Å². The van der Waals surface area contributed by atoms with Crippen LogP contribution in [0.2, 0.25) is 0 Å². The summed E-state index contributed by atoms with van der Waals surface area (Å²) in [5, 5.41) is 0. The number of carbonyl (C=O) groups excluding carboxylic acids is 1. The first kappa shape index (κ1) is 12.8. The molecule has 0 aliphatic heterocycles. The second-order valence-corrected chi connectivity index (χ2v) is 4.73. The van der Waals surface area contributed by atoms with Crippen molar-refractivity contribution in [3.05, 3.63) is 57.8 Å². The van der Waals surface area contributed by atoms with Crippen LogP contribution in [0.25, 0.3) is 0 Å². The highest BCUT2D eigenvalue weighted by molar-refractivity contribution is 9.10. The van der Waals surface area contributed by atoms with Gasteiger partial charge in [0, 0.05) is 10.5 Å². The molecule has 0 N–H and O–H groups in total. The molecule has 0 atom stereocenters. The molecule has 18 heavy (non-hydrogen) atoms. The van der Waals surface area contributed by atoms with Crippen molar-refractivity contribution in [2.75, 3.05) is 0 Å². The third-order valence-corrected chi connectivity index (χ3v) is 2.96. The van der Waals surface area contributed by atoms with E-state index < -0.39 is 0 Å². The number of halogens is 2. The fraction of sp³-hybridized carbons (Fsp3) is 0.0714. The first-order chi connectivity index (χ1) is 8.60. The molecule has 0 unspecified atom stereocenters. The third kappa shape index (κ3) is 2.76. The Hall–Kier alpha value is -1.68. The van der Waals surface area contributed by atoms with Gasteiger partial charge in [-0.15, -0.1) is 0 Å². The van der Waals surface area contributed by atoms with E-state index in [4.69, 9.17) is 4.74 Å². The molecule has 0 amide bonds. The van der Waals surface area contributed by atoms with Gasteiger partial charge in [-0.1, -0.05) is 22.0 Å². The topological polar surface area (TPSA) is 26.3 Å². The van der Waals surface area contributed by atoms with Gasteiger partial charge in [0.2, 0.25) is 0 Å². The Bertz CT molecular complexity index is 596. The molecule has 0 radical (unpaired) electrons. The molecule has 2 rings (SSSR count). The monoisotopic (exact) mass is 308 g/mol. The first-order valence-corrected chi connectivity index (χ1v) is 6.08. The molecule has 92 valence electrons. The van der Waals surface area contributed by atoms with E-state index in [0.29, 0.717) is 28.9 Å². The van der Waals surface area contributed by atoms with Crippen LogP contribution in [0.5, 0.6) is 11.5 Å². The van der Waals surface area contributed by atoms with E-state index in [0.717, 1.165) is 4.47 Å². The molecule has 0 saturated heterocycles. The minimum Gasteiger partial charge on any atom is -0.457 e. The molecule has 0 aliphatic carbocycles. The summed E-state index contributed by atoms with van der Waals surface area (Å²) in [7, 11) is 0. The van der Waals surface area contributed by atoms with Crippen molar-refractivity contribution >= 4 is 22.2 Å². The zero-order chi connectivity index (χ0) is 13.1. The van der Waals surface area contributed by atoms with Crippen LogP contribution in [0.15, 0.2) is 40.9 Å². The zero-order valence-electron chi connectivity index (χ0n) is 9.61. The minimum atomic E-state index is -0.336. The molecule has 0 aliphatic rings. The Morgan fingerprint density at radius 3 is 2.67 bits per heavy atom. The number of rotatable bonds is 3. The minimum absolute atomic E-state index is 0.336. The van der Waals surface area contributed by atoms with E-state index in [1.54, 1.807) is 37.3 Å². The molecule has 2 aromatic rings. The maximum Gasteiger partial charge on any atom is 0.153 e. The lowest BCUT2D eigenvalue weighted by molar-refractivity contribution is 0.112. The normalized spacial score (nSPS) is 10.2. The van der Waals surface area contributed by atoms with Crippen LogP contribution >= 0.6 is 15.9 Å². The highest BCUT2D eigenvalue weighted by Crippen LogP contribution is 2.27. The molecular weight excluding hydrogens is 299 g/mol. The van der Waals surface area contributed by atoms with E-state index in [9.17, 15) is 9.18 Å². The fourth-order valence-electron chi connectivity index (χ4n) is 1.47. The third-order valence-electron chi connectivity index (χ3n) is 2.47. The second kappa shape index (κ2) is 5.31. The fourth-order valence-corrected chi connectivity index (χ4v) is 1.85. The Morgan fingerprint density at radius 1 is 1.22 bits per heavy atom. The van der Waals surface area contributed by atoms with Gasteiger partial charge < -0.3 is 4.74 Å². The van der Waals surface area contributed by atoms with E-state index in [1.807, 2.05) is 0 Å². The number of benzene rings is 2. The van der Waals surface area contributed by atoms with Crippen molar-refractivity contribution < 1.29 is 13.9 Å². The summed E-state index contributed by atoms with van der Waals surface area (Å²) in [5.41, 5.74) is 0.958. The van der Waals surface area contributed by atoms with Crippen LogP contribution in [0.1, 0.15) is 15.9 Å². The lowest BCUT2D eigenvalue weighted by Crippen LogP contribution is -1.92. The standard InChI is InChI=1S/C14H10BrFO2/c1-9-2-4-12(7-13(9)16)18-14-5-3-11(15)6-10(14)8-17/h2-8H,1H3. The maximum atomic E-state index is 13.4. The quantitative estimate of drug-likeness (QED) is 0.780. The Kier molecular flexibility index (Phi) is 3.77. The van der Waals surface area contributed by atoms with Crippen molar-refractivity contribution in [3.63, 3.8) is 0 Å². The van der Waals surface area contributed by atoms with Gasteiger partial charge in [-0.25, -0.2) is 4.39 Å². The summed E-state index contributed by atoms with van der Waals surface area (Å²) >= 11 is 3.27. The maximum absolute atomic E-state index is 13.4. The smallest absolute Gasteiger partial charge is 0.153 e. The van der Waals surface area contributed by atoms with Crippen molar-refractivity contribution in [1.29, 1.82) is 0 Å². The number of ether oxygens (including phenoxy) is 1. The van der Waals surface area contributed by atoms with Gasteiger partial charge >= 0.3 is 0 Å². The predicted octanol–water partition coefficient (Wildman–Crippen LogP) is 4.50. The van der Waals surface area contributed by atoms with Gasteiger partial charge in [-0.3, -0.25) is 4.79 Å². The van der Waals surface area contributed by atoms with E-state index in [2.05, 4.69) is 15.9 Å². The van der Waals surface area contributed by atoms with E-state index >= 15 is 0 Å². The SMILES string of the molecule is Cc1ccc(Oc2ccc(Br)cc2C=O)cc1F. The van der Waals surface area contributed by atoms with Gasteiger partial charge in [-0.05, 0) is 36.8 Å². The van der Waals surface area contributed by atoms with Gasteiger partial charge in [0.15, 0.2) is 6.29 Å². The average Bonchev–Trinajstić information content (AvgIpc) is 2.36. The van der Waals surface area contributed by atoms with Crippen molar-refractivity contribution in [3.8, 4) is 11.5 Å². The van der Waals surface area contributed by atoms with Crippen molar-refractivity contribution in [2.45, 2.75) is 6.92 Å². The molecule has 4 heteroatoms. The Labute approximate surface area is 113 Å². The Morgan fingerprint density at radius 2 is 2.00 bits per heavy atom. The van der Waals surface area contributed by atoms with Crippen molar-refractivity contribution in [1.82, 2.24) is 0 Å². The summed E-state index contributed by atoms with van der Waals surface area (Å²) in [6, 6.07) is 9.65. The van der Waals surface area contributed by atoms with E-state index in [-0.39, 0.29) is 5.82 Å². The lowest BCUT2D eigenvalue weighted by Gasteiger charge is -2.09. The van der Waals surface area contributed by atoms with Crippen LogP contribution in [-0.2, 0) is 0 Å². The van der Waals surface area contributed by atoms with Crippen LogP contribution in [0, 0.1) is 12.7 Å². The number of aldehydes is 1. The second-order valence-electron chi connectivity index (χ2n) is 3.81.